The van der Waals surface area contributed by atoms with E-state index in [9.17, 15) is 9.18 Å². The molecule has 1 atom stereocenters. The van der Waals surface area contributed by atoms with Gasteiger partial charge in [0.15, 0.2) is 5.78 Å². The van der Waals surface area contributed by atoms with E-state index in [0.717, 1.165) is 6.21 Å². The highest BCUT2D eigenvalue weighted by molar-refractivity contribution is 6.30. The van der Waals surface area contributed by atoms with Crippen molar-refractivity contribution in [3.8, 4) is 11.3 Å². The van der Waals surface area contributed by atoms with Crippen LogP contribution in [0.5, 0.6) is 0 Å². The van der Waals surface area contributed by atoms with Crippen molar-refractivity contribution in [2.75, 3.05) is 0 Å². The molecule has 0 aliphatic heterocycles. The number of carbonyl (C=O) groups excluding carboxylic acids is 1. The number of ketones is 1. The number of imidazole rings is 1. The van der Waals surface area contributed by atoms with Crippen LogP contribution in [0.15, 0.2) is 24.3 Å². The molecule has 1 aromatic heterocycles. The number of rotatable bonds is 8. The molecule has 0 saturated carbocycles. The molecule has 28 heavy (non-hydrogen) atoms. The predicted octanol–water partition coefficient (Wildman–Crippen LogP) is 6.96. The first-order valence-electron chi connectivity index (χ1n) is 9.66. The molecule has 1 unspecified atom stereocenters. The van der Waals surface area contributed by atoms with E-state index in [4.69, 9.17) is 17.0 Å². The molecule has 2 rings (SSSR count). The van der Waals surface area contributed by atoms with Crippen molar-refractivity contribution in [1.82, 2.24) is 9.97 Å². The van der Waals surface area contributed by atoms with Gasteiger partial charge >= 0.3 is 0 Å². The number of benzene rings is 1. The fourth-order valence-corrected chi connectivity index (χ4v) is 2.54. The lowest BCUT2D eigenvalue weighted by molar-refractivity contribution is 0.0923. The van der Waals surface area contributed by atoms with Gasteiger partial charge in [-0.3, -0.25) is 4.79 Å². The number of hydrogen-bond donors (Lipinski definition) is 2. The first-order chi connectivity index (χ1) is 13.4. The maximum atomic E-state index is 13.7. The molecular weight excluding hydrogens is 377 g/mol. The van der Waals surface area contributed by atoms with Crippen LogP contribution in [0.25, 0.3) is 17.3 Å². The fourth-order valence-electron chi connectivity index (χ4n) is 2.43. The minimum absolute atomic E-state index is 0.0167. The van der Waals surface area contributed by atoms with Crippen LogP contribution in [0, 0.1) is 17.1 Å². The Morgan fingerprint density at radius 1 is 1.32 bits per heavy atom. The van der Waals surface area contributed by atoms with Gasteiger partial charge in [0.2, 0.25) is 0 Å². The quantitative estimate of drug-likeness (QED) is 0.368. The van der Waals surface area contributed by atoms with Gasteiger partial charge in [0, 0.05) is 17.7 Å². The van der Waals surface area contributed by atoms with Gasteiger partial charge in [0.1, 0.15) is 17.3 Å². The smallest absolute Gasteiger partial charge is 0.184 e. The summed E-state index contributed by atoms with van der Waals surface area (Å²) in [5.74, 6) is -0.387. The number of Topliss-reactive ketones (excluding diaryl/α,β-unsaturated/α-hetero) is 1. The van der Waals surface area contributed by atoms with Gasteiger partial charge in [0.25, 0.3) is 0 Å². The fraction of sp³-hybridized carbons (Fsp3) is 0.409. The standard InChI is InChI=1S/C17H17ClFN3O.C5H12/c1-3-10(2)17(23)16-15(21-14(22-16)5-4-8-20)11-6-7-12(18)13(19)9-11;1-3-5-4-2/h4-10,20H,3H2,1-2H3,(H,21,22);3-5H2,1-2H3/b5-4-,20-8?;. The van der Waals surface area contributed by atoms with Crippen LogP contribution >= 0.6 is 11.6 Å². The second kappa shape index (κ2) is 12.2. The number of carbonyl (C=O) groups is 1. The molecule has 1 heterocycles. The molecule has 0 aliphatic rings. The lowest BCUT2D eigenvalue weighted by Gasteiger charge is -2.07. The van der Waals surface area contributed by atoms with E-state index < -0.39 is 5.82 Å². The van der Waals surface area contributed by atoms with E-state index in [1.54, 1.807) is 12.1 Å². The average molecular weight is 406 g/mol. The van der Waals surface area contributed by atoms with E-state index in [2.05, 4.69) is 23.8 Å². The number of aromatic nitrogens is 2. The van der Waals surface area contributed by atoms with Crippen molar-refractivity contribution in [3.63, 3.8) is 0 Å². The number of halogens is 2. The number of nitrogens with one attached hydrogen (secondary N) is 2. The third kappa shape index (κ3) is 6.71. The maximum Gasteiger partial charge on any atom is 0.184 e. The highest BCUT2D eigenvalue weighted by atomic mass is 35.5. The summed E-state index contributed by atoms with van der Waals surface area (Å²) in [7, 11) is 0. The Bertz CT molecular complexity index is 812. The first kappa shape index (κ1) is 23.8. The molecule has 0 amide bonds. The van der Waals surface area contributed by atoms with Crippen molar-refractivity contribution in [2.45, 2.75) is 53.4 Å². The lowest BCUT2D eigenvalue weighted by atomic mass is 9.98. The van der Waals surface area contributed by atoms with Gasteiger partial charge in [0.05, 0.1) is 10.7 Å². The average Bonchev–Trinajstić information content (AvgIpc) is 3.12. The van der Waals surface area contributed by atoms with Crippen LogP contribution in [-0.2, 0) is 0 Å². The maximum absolute atomic E-state index is 13.7. The van der Waals surface area contributed by atoms with Gasteiger partial charge in [-0.15, -0.1) is 0 Å². The Labute approximate surface area is 171 Å². The van der Waals surface area contributed by atoms with Crippen molar-refractivity contribution in [2.24, 2.45) is 5.92 Å². The predicted molar refractivity (Wildman–Crippen MR) is 116 cm³/mol. The van der Waals surface area contributed by atoms with Crippen molar-refractivity contribution < 1.29 is 9.18 Å². The molecule has 2 N–H and O–H groups in total. The Morgan fingerprint density at radius 3 is 2.50 bits per heavy atom. The summed E-state index contributed by atoms with van der Waals surface area (Å²) in [6.45, 7) is 8.19. The van der Waals surface area contributed by atoms with Crippen molar-refractivity contribution >= 4 is 29.7 Å². The number of nitrogens with zero attached hydrogens (tertiary/aromatic N) is 1. The molecule has 0 spiro atoms. The molecule has 0 radical (unpaired) electrons. The molecular formula is C22H29ClFN3O. The monoisotopic (exact) mass is 405 g/mol. The summed E-state index contributed by atoms with van der Waals surface area (Å²) < 4.78 is 13.7. The number of aromatic amines is 1. The molecule has 0 aliphatic carbocycles. The molecule has 0 bridgehead atoms. The first-order valence-corrected chi connectivity index (χ1v) is 10.0. The number of allylic oxidation sites excluding steroid dienone is 1. The van der Waals surface area contributed by atoms with Crippen LogP contribution in [0.1, 0.15) is 69.7 Å². The van der Waals surface area contributed by atoms with Crippen LogP contribution in [-0.4, -0.2) is 22.0 Å². The second-order valence-corrected chi connectivity index (χ2v) is 6.93. The summed E-state index contributed by atoms with van der Waals surface area (Å²) in [4.78, 5) is 19.9. The third-order valence-corrected chi connectivity index (χ3v) is 4.59. The minimum Gasteiger partial charge on any atom is -0.336 e. The van der Waals surface area contributed by atoms with Crippen LogP contribution in [0.2, 0.25) is 5.02 Å². The van der Waals surface area contributed by atoms with Crippen molar-refractivity contribution in [3.05, 3.63) is 46.6 Å². The van der Waals surface area contributed by atoms with Gasteiger partial charge in [-0.25, -0.2) is 9.37 Å². The zero-order chi connectivity index (χ0) is 21.1. The van der Waals surface area contributed by atoms with E-state index in [1.807, 2.05) is 13.8 Å². The molecule has 1 aromatic carbocycles. The topological polar surface area (TPSA) is 69.6 Å². The van der Waals surface area contributed by atoms with E-state index in [1.165, 1.54) is 37.5 Å². The molecule has 2 aromatic rings. The second-order valence-electron chi connectivity index (χ2n) is 6.53. The molecule has 0 fully saturated rings. The summed E-state index contributed by atoms with van der Waals surface area (Å²) in [5, 5.41) is 7.04. The molecule has 152 valence electrons. The van der Waals surface area contributed by atoms with Gasteiger partial charge in [-0.2, -0.15) is 0 Å². The Hall–Kier alpha value is -2.27. The zero-order valence-corrected chi connectivity index (χ0v) is 17.7. The minimum atomic E-state index is -0.564. The number of hydrogen-bond acceptors (Lipinski definition) is 3. The van der Waals surface area contributed by atoms with Crippen LogP contribution in [0.4, 0.5) is 4.39 Å². The van der Waals surface area contributed by atoms with Gasteiger partial charge < -0.3 is 10.4 Å². The Kier molecular flexibility index (Phi) is 10.4. The molecule has 0 saturated heterocycles. The Balaban J connectivity index is 0.000000696. The van der Waals surface area contributed by atoms with Gasteiger partial charge in [-0.1, -0.05) is 64.6 Å². The molecule has 4 nitrogen and oxygen atoms in total. The van der Waals surface area contributed by atoms with Crippen LogP contribution < -0.4 is 0 Å². The summed E-state index contributed by atoms with van der Waals surface area (Å²) in [6.07, 6.45) is 8.95. The summed E-state index contributed by atoms with van der Waals surface area (Å²) in [6, 6.07) is 4.32. The number of unbranched alkanes of at least 4 members (excludes halogenated alkanes) is 2. The highest BCUT2D eigenvalue weighted by Crippen LogP contribution is 2.28. The van der Waals surface area contributed by atoms with Crippen LogP contribution in [0.3, 0.4) is 0 Å². The molecule has 6 heteroatoms. The lowest BCUT2D eigenvalue weighted by Crippen LogP contribution is -2.12. The zero-order valence-electron chi connectivity index (χ0n) is 17.0. The SMILES string of the molecule is CCC(C)C(=O)c1[nH]c(/C=C\C=N)nc1-c1ccc(Cl)c(F)c1.CCCCC. The summed E-state index contributed by atoms with van der Waals surface area (Å²) >= 11 is 5.71. The van der Waals surface area contributed by atoms with E-state index in [-0.39, 0.29) is 16.7 Å². The van der Waals surface area contributed by atoms with Gasteiger partial charge in [-0.05, 0) is 30.7 Å². The normalized spacial score (nSPS) is 11.8. The van der Waals surface area contributed by atoms with E-state index >= 15 is 0 Å². The third-order valence-electron chi connectivity index (χ3n) is 4.28. The highest BCUT2D eigenvalue weighted by Gasteiger charge is 2.22. The van der Waals surface area contributed by atoms with Crippen molar-refractivity contribution in [1.29, 1.82) is 5.41 Å². The summed E-state index contributed by atoms with van der Waals surface area (Å²) in [5.41, 5.74) is 1.20. The number of H-pyrrole nitrogens is 1. The Morgan fingerprint density at radius 2 is 2.00 bits per heavy atom. The largest absolute Gasteiger partial charge is 0.336 e. The van der Waals surface area contributed by atoms with E-state index in [0.29, 0.717) is 29.2 Å².